The second-order valence-corrected chi connectivity index (χ2v) is 8.38. The van der Waals surface area contributed by atoms with Crippen LogP contribution in [-0.2, 0) is 14.3 Å². The van der Waals surface area contributed by atoms with Crippen molar-refractivity contribution in [2.24, 2.45) is 0 Å². The zero-order valence-electron chi connectivity index (χ0n) is 18.6. The van der Waals surface area contributed by atoms with Crippen molar-refractivity contribution >= 4 is 23.7 Å². The molecule has 3 aromatic rings. The van der Waals surface area contributed by atoms with Crippen molar-refractivity contribution in [3.63, 3.8) is 0 Å². The summed E-state index contributed by atoms with van der Waals surface area (Å²) in [4.78, 5) is 40.0. The Morgan fingerprint density at radius 3 is 2.31 bits per heavy atom. The third kappa shape index (κ3) is 4.58. The zero-order valence-corrected chi connectivity index (χ0v) is 18.6. The van der Waals surface area contributed by atoms with Crippen LogP contribution in [0.2, 0.25) is 0 Å². The first kappa shape index (κ1) is 22.5. The van der Waals surface area contributed by atoms with Gasteiger partial charge in [-0.2, -0.15) is 0 Å². The van der Waals surface area contributed by atoms with E-state index >= 15 is 0 Å². The second kappa shape index (κ2) is 9.55. The van der Waals surface area contributed by atoms with Crippen LogP contribution in [0.4, 0.5) is 10.5 Å². The van der Waals surface area contributed by atoms with Gasteiger partial charge in [0, 0.05) is 12.5 Å². The van der Waals surface area contributed by atoms with Gasteiger partial charge >= 0.3 is 12.1 Å². The molecule has 178 valence electrons. The van der Waals surface area contributed by atoms with E-state index in [1.807, 2.05) is 36.4 Å². The number of anilines is 1. The third-order valence-corrected chi connectivity index (χ3v) is 6.25. The van der Waals surface area contributed by atoms with E-state index in [0.29, 0.717) is 18.7 Å². The Labute approximate surface area is 201 Å². The monoisotopic (exact) mass is 473 g/mol. The molecule has 3 N–H and O–H groups in total. The summed E-state index contributed by atoms with van der Waals surface area (Å²) >= 11 is 0. The summed E-state index contributed by atoms with van der Waals surface area (Å²) in [5.41, 5.74) is 4.72. The van der Waals surface area contributed by atoms with Crippen molar-refractivity contribution in [2.45, 2.75) is 24.5 Å². The minimum Gasteiger partial charge on any atom is -0.477 e. The fraction of sp³-hybridized carbons (Fsp3) is 0.231. The van der Waals surface area contributed by atoms with E-state index in [1.165, 1.54) is 18.3 Å². The minimum absolute atomic E-state index is 0.0617. The Kier molecular flexibility index (Phi) is 6.15. The van der Waals surface area contributed by atoms with Gasteiger partial charge < -0.3 is 25.2 Å². The van der Waals surface area contributed by atoms with Crippen molar-refractivity contribution in [2.75, 3.05) is 18.5 Å². The molecule has 1 aliphatic carbocycles. The quantitative estimate of drug-likeness (QED) is 0.501. The van der Waals surface area contributed by atoms with Crippen molar-refractivity contribution in [1.82, 2.24) is 10.3 Å². The van der Waals surface area contributed by atoms with E-state index in [0.717, 1.165) is 22.3 Å². The summed E-state index contributed by atoms with van der Waals surface area (Å²) in [6.07, 6.45) is 0.185. The molecule has 9 nitrogen and oxygen atoms in total. The number of rotatable bonds is 6. The molecule has 2 atom stereocenters. The van der Waals surface area contributed by atoms with Crippen LogP contribution < -0.4 is 10.6 Å². The van der Waals surface area contributed by atoms with Crippen LogP contribution in [0, 0.1) is 0 Å². The number of nitrogens with zero attached hydrogens (tertiary/aromatic N) is 1. The molecule has 1 aliphatic heterocycles. The number of alkyl carbamates (subject to hydrolysis) is 1. The number of pyridine rings is 1. The molecule has 1 aromatic heterocycles. The first-order chi connectivity index (χ1) is 17.0. The van der Waals surface area contributed by atoms with Gasteiger partial charge in [0.25, 0.3) is 5.91 Å². The number of carbonyl (C=O) groups excluding carboxylic acids is 2. The van der Waals surface area contributed by atoms with E-state index in [4.69, 9.17) is 14.6 Å². The molecule has 2 amide bonds. The van der Waals surface area contributed by atoms with Gasteiger partial charge in [-0.3, -0.25) is 4.79 Å². The van der Waals surface area contributed by atoms with E-state index in [2.05, 4.69) is 27.8 Å². The predicted octanol–water partition coefficient (Wildman–Crippen LogP) is 3.41. The number of amides is 2. The molecular formula is C26H23N3O6. The molecule has 0 saturated carbocycles. The maximum absolute atomic E-state index is 12.7. The number of nitrogens with one attached hydrogen (secondary N) is 2. The van der Waals surface area contributed by atoms with Crippen LogP contribution in [0.1, 0.15) is 34.0 Å². The number of fused-ring (bicyclic) bond motifs is 3. The van der Waals surface area contributed by atoms with Crippen molar-refractivity contribution < 1.29 is 29.0 Å². The number of aromatic nitrogens is 1. The molecule has 2 aliphatic rings. The molecule has 2 heterocycles. The Balaban J connectivity index is 1.19. The minimum atomic E-state index is -1.16. The zero-order chi connectivity index (χ0) is 24.4. The fourth-order valence-electron chi connectivity index (χ4n) is 4.59. The molecule has 1 saturated heterocycles. The maximum atomic E-state index is 12.7. The Morgan fingerprint density at radius 2 is 1.69 bits per heavy atom. The number of aromatic carboxylic acids is 1. The first-order valence-corrected chi connectivity index (χ1v) is 11.2. The van der Waals surface area contributed by atoms with E-state index in [-0.39, 0.29) is 18.2 Å². The molecule has 1 fully saturated rings. The largest absolute Gasteiger partial charge is 0.477 e. The van der Waals surface area contributed by atoms with Gasteiger partial charge in [-0.15, -0.1) is 0 Å². The summed E-state index contributed by atoms with van der Waals surface area (Å²) in [7, 11) is 0. The number of hydrogen-bond acceptors (Lipinski definition) is 6. The van der Waals surface area contributed by atoms with Crippen molar-refractivity contribution in [1.29, 1.82) is 0 Å². The Hall–Kier alpha value is -4.24. The lowest BCUT2D eigenvalue weighted by atomic mass is 9.98. The summed E-state index contributed by atoms with van der Waals surface area (Å²) in [5.74, 6) is -1.68. The highest BCUT2D eigenvalue weighted by atomic mass is 16.6. The second-order valence-electron chi connectivity index (χ2n) is 8.38. The summed E-state index contributed by atoms with van der Waals surface area (Å²) in [5, 5.41) is 14.3. The van der Waals surface area contributed by atoms with Gasteiger partial charge in [-0.25, -0.2) is 14.6 Å². The van der Waals surface area contributed by atoms with E-state index in [1.54, 1.807) is 0 Å². The predicted molar refractivity (Wildman–Crippen MR) is 126 cm³/mol. The lowest BCUT2D eigenvalue weighted by molar-refractivity contribution is -0.125. The highest BCUT2D eigenvalue weighted by Gasteiger charge is 2.36. The highest BCUT2D eigenvalue weighted by Crippen LogP contribution is 2.44. The summed E-state index contributed by atoms with van der Waals surface area (Å²) < 4.78 is 11.1. The normalized spacial score (nSPS) is 18.4. The molecule has 5 rings (SSSR count). The molecule has 35 heavy (non-hydrogen) atoms. The van der Waals surface area contributed by atoms with Crippen molar-refractivity contribution in [3.8, 4) is 11.1 Å². The number of benzene rings is 2. The van der Waals surface area contributed by atoms with Gasteiger partial charge in [0.05, 0.1) is 17.9 Å². The van der Waals surface area contributed by atoms with Gasteiger partial charge in [0.1, 0.15) is 12.3 Å². The first-order valence-electron chi connectivity index (χ1n) is 11.2. The molecule has 0 bridgehead atoms. The maximum Gasteiger partial charge on any atom is 0.407 e. The molecule has 0 radical (unpaired) electrons. The van der Waals surface area contributed by atoms with Crippen LogP contribution in [-0.4, -0.2) is 53.4 Å². The summed E-state index contributed by atoms with van der Waals surface area (Å²) in [6, 6.07) is 18.3. The number of hydrogen-bond donors (Lipinski definition) is 3. The number of carboxylic acid groups (broad SMARTS) is 1. The van der Waals surface area contributed by atoms with Gasteiger partial charge in [0.15, 0.2) is 6.10 Å². The highest BCUT2D eigenvalue weighted by molar-refractivity contribution is 5.95. The average Bonchev–Trinajstić information content (AvgIpc) is 3.45. The number of carboxylic acids is 1. The Morgan fingerprint density at radius 1 is 1.00 bits per heavy atom. The molecular weight excluding hydrogens is 450 g/mol. The topological polar surface area (TPSA) is 127 Å². The third-order valence-electron chi connectivity index (χ3n) is 6.25. The lowest BCUT2D eigenvalue weighted by Crippen LogP contribution is -2.46. The Bertz CT molecular complexity index is 1230. The van der Waals surface area contributed by atoms with E-state index in [9.17, 15) is 14.4 Å². The van der Waals surface area contributed by atoms with Gasteiger partial charge in [-0.1, -0.05) is 48.5 Å². The number of carbonyl (C=O) groups is 3. The lowest BCUT2D eigenvalue weighted by Gasteiger charge is -2.20. The van der Waals surface area contributed by atoms with Crippen LogP contribution in [0.3, 0.4) is 0 Å². The standard InChI is InChI=1S/C26H23N3O6/c30-24(28-15-9-10-22(25(31)32)27-13-15)23-21(11-12-34-23)29-26(33)35-14-20-18-7-3-1-5-16(18)17-6-2-4-8-19(17)20/h1-10,13,20-21,23H,11-12,14H2,(H,28,30)(H,29,33)(H,31,32)/t21-,23+/m0/s1. The average molecular weight is 473 g/mol. The van der Waals surface area contributed by atoms with Gasteiger partial charge in [-0.05, 0) is 40.8 Å². The van der Waals surface area contributed by atoms with E-state index < -0.39 is 30.1 Å². The summed E-state index contributed by atoms with van der Waals surface area (Å²) in [6.45, 7) is 0.481. The van der Waals surface area contributed by atoms with Crippen LogP contribution >= 0.6 is 0 Å². The molecule has 0 spiro atoms. The van der Waals surface area contributed by atoms with Crippen molar-refractivity contribution in [3.05, 3.63) is 83.7 Å². The van der Waals surface area contributed by atoms with Crippen LogP contribution in [0.5, 0.6) is 0 Å². The molecule has 0 unspecified atom stereocenters. The fourth-order valence-corrected chi connectivity index (χ4v) is 4.59. The van der Waals surface area contributed by atoms with Gasteiger partial charge in [0.2, 0.25) is 0 Å². The van der Waals surface area contributed by atoms with Crippen LogP contribution in [0.15, 0.2) is 66.9 Å². The van der Waals surface area contributed by atoms with Crippen LogP contribution in [0.25, 0.3) is 11.1 Å². The molecule has 9 heteroatoms. The number of ether oxygens (including phenoxy) is 2. The molecule has 2 aromatic carbocycles. The SMILES string of the molecule is O=C(N[C@H]1CCO[C@H]1C(=O)Nc1ccc(C(=O)O)nc1)OCC1c2ccccc2-c2ccccc21. The smallest absolute Gasteiger partial charge is 0.407 e.